The predicted molar refractivity (Wildman–Crippen MR) is 173 cm³/mol. The van der Waals surface area contributed by atoms with E-state index in [1.807, 2.05) is 35.2 Å². The van der Waals surface area contributed by atoms with Crippen molar-refractivity contribution >= 4 is 34.1 Å². The molecule has 2 N–H and O–H groups in total. The van der Waals surface area contributed by atoms with Gasteiger partial charge in [-0.2, -0.15) is 5.10 Å². The molecule has 0 unspecified atom stereocenters. The summed E-state index contributed by atoms with van der Waals surface area (Å²) in [5.41, 5.74) is 5.05. The van der Waals surface area contributed by atoms with Gasteiger partial charge in [0.15, 0.2) is 5.82 Å². The minimum Gasteiger partial charge on any atom is -0.467 e. The summed E-state index contributed by atoms with van der Waals surface area (Å²) in [7, 11) is 1.52. The highest BCUT2D eigenvalue weighted by molar-refractivity contribution is 5.99. The van der Waals surface area contributed by atoms with Gasteiger partial charge in [-0.25, -0.2) is 19.9 Å². The fraction of sp³-hybridized carbons (Fsp3) is 0.303. The second-order valence-corrected chi connectivity index (χ2v) is 11.5. The van der Waals surface area contributed by atoms with Gasteiger partial charge < -0.3 is 19.9 Å². The van der Waals surface area contributed by atoms with E-state index in [1.54, 1.807) is 30.9 Å². The van der Waals surface area contributed by atoms with E-state index >= 15 is 0 Å². The summed E-state index contributed by atoms with van der Waals surface area (Å²) in [4.78, 5) is 49.7. The first-order valence-electron chi connectivity index (χ1n) is 15.3. The van der Waals surface area contributed by atoms with Gasteiger partial charge in [-0.3, -0.25) is 19.6 Å². The van der Waals surface area contributed by atoms with E-state index in [-0.39, 0.29) is 23.7 Å². The Kier molecular flexibility index (Phi) is 8.21. The van der Waals surface area contributed by atoms with Crippen LogP contribution >= 0.6 is 0 Å². The molecule has 2 amide bonds. The molecule has 13 nitrogen and oxygen atoms in total. The first kappa shape index (κ1) is 29.3. The first-order chi connectivity index (χ1) is 22.5. The molecule has 2 aliphatic rings. The SMILES string of the molecule is COc1ncc(-c2n[nH]c3ccc(NC(=O)[C@@H]4CCN(CC(=O)N5CCN(c6ccc(-c7ncccn7)cc6)CC5)C4)cc23)cn1. The van der Waals surface area contributed by atoms with E-state index in [2.05, 4.69) is 57.4 Å². The Morgan fingerprint density at radius 3 is 2.43 bits per heavy atom. The van der Waals surface area contributed by atoms with Crippen molar-refractivity contribution < 1.29 is 14.3 Å². The quantitative estimate of drug-likeness (QED) is 0.266. The Labute approximate surface area is 265 Å². The highest BCUT2D eigenvalue weighted by Crippen LogP contribution is 2.29. The number of methoxy groups -OCH3 is 1. The molecule has 2 saturated heterocycles. The van der Waals surface area contributed by atoms with Crippen molar-refractivity contribution in [2.24, 2.45) is 5.92 Å². The lowest BCUT2D eigenvalue weighted by Gasteiger charge is -2.36. The van der Waals surface area contributed by atoms with E-state index < -0.39 is 0 Å². The molecule has 2 fully saturated rings. The van der Waals surface area contributed by atoms with E-state index in [0.717, 1.165) is 40.8 Å². The number of fused-ring (bicyclic) bond motifs is 1. The first-order valence-corrected chi connectivity index (χ1v) is 15.3. The number of H-pyrrole nitrogens is 1. The summed E-state index contributed by atoms with van der Waals surface area (Å²) in [5.74, 6) is 0.573. The molecular formula is C33H34N10O3. The van der Waals surface area contributed by atoms with Crippen molar-refractivity contribution in [2.75, 3.05) is 63.1 Å². The Morgan fingerprint density at radius 2 is 1.70 bits per heavy atom. The van der Waals surface area contributed by atoms with Gasteiger partial charge in [-0.05, 0) is 61.5 Å². The molecule has 0 spiro atoms. The van der Waals surface area contributed by atoms with E-state index in [9.17, 15) is 9.59 Å². The largest absolute Gasteiger partial charge is 0.467 e. The average Bonchev–Trinajstić information content (AvgIpc) is 3.76. The number of likely N-dealkylation sites (tertiary alicyclic amines) is 1. The molecule has 0 aliphatic carbocycles. The molecule has 5 heterocycles. The van der Waals surface area contributed by atoms with Crippen LogP contribution in [-0.4, -0.2) is 105 Å². The van der Waals surface area contributed by atoms with Crippen molar-refractivity contribution in [1.82, 2.24) is 39.9 Å². The number of nitrogens with zero attached hydrogens (tertiary/aromatic N) is 8. The number of nitrogens with one attached hydrogen (secondary N) is 2. The lowest BCUT2D eigenvalue weighted by Crippen LogP contribution is -2.51. The number of anilines is 2. The highest BCUT2D eigenvalue weighted by Gasteiger charge is 2.31. The maximum atomic E-state index is 13.2. The van der Waals surface area contributed by atoms with Gasteiger partial charge in [-0.15, -0.1) is 0 Å². The Hall–Kier alpha value is -5.43. The van der Waals surface area contributed by atoms with Crippen LogP contribution < -0.4 is 15.0 Å². The Bertz CT molecular complexity index is 1820. The van der Waals surface area contributed by atoms with Crippen molar-refractivity contribution in [2.45, 2.75) is 6.42 Å². The van der Waals surface area contributed by atoms with Crippen LogP contribution in [-0.2, 0) is 9.59 Å². The highest BCUT2D eigenvalue weighted by atomic mass is 16.5. The number of carbonyl (C=O) groups is 2. The number of aromatic nitrogens is 6. The van der Waals surface area contributed by atoms with Crippen LogP contribution in [0.4, 0.5) is 11.4 Å². The maximum Gasteiger partial charge on any atom is 0.316 e. The summed E-state index contributed by atoms with van der Waals surface area (Å²) in [6, 6.07) is 16.0. The summed E-state index contributed by atoms with van der Waals surface area (Å²) in [6.07, 6.45) is 7.50. The summed E-state index contributed by atoms with van der Waals surface area (Å²) < 4.78 is 5.05. The number of piperazine rings is 1. The molecule has 3 aromatic heterocycles. The van der Waals surface area contributed by atoms with E-state index in [4.69, 9.17) is 4.74 Å². The fourth-order valence-electron chi connectivity index (χ4n) is 6.07. The third-order valence-electron chi connectivity index (χ3n) is 8.61. The zero-order valence-electron chi connectivity index (χ0n) is 25.5. The fourth-order valence-corrected chi connectivity index (χ4v) is 6.07. The maximum absolute atomic E-state index is 13.2. The summed E-state index contributed by atoms with van der Waals surface area (Å²) in [5, 5.41) is 11.4. The number of benzene rings is 2. The number of carbonyl (C=O) groups excluding carboxylic acids is 2. The second kappa shape index (κ2) is 12.9. The Morgan fingerprint density at radius 1 is 0.935 bits per heavy atom. The molecule has 0 bridgehead atoms. The summed E-state index contributed by atoms with van der Waals surface area (Å²) in [6.45, 7) is 4.46. The number of hydrogen-bond acceptors (Lipinski definition) is 10. The van der Waals surface area contributed by atoms with Crippen molar-refractivity contribution in [3.8, 4) is 28.7 Å². The molecule has 234 valence electrons. The van der Waals surface area contributed by atoms with Gasteiger partial charge in [0.05, 0.1) is 25.1 Å². The van der Waals surface area contributed by atoms with Crippen LogP contribution in [0.15, 0.2) is 73.3 Å². The molecule has 0 saturated carbocycles. The number of amides is 2. The topological polar surface area (TPSA) is 145 Å². The van der Waals surface area contributed by atoms with Crippen LogP contribution in [0.2, 0.25) is 0 Å². The van der Waals surface area contributed by atoms with Crippen LogP contribution in [0.1, 0.15) is 6.42 Å². The average molecular weight is 619 g/mol. The van der Waals surface area contributed by atoms with Crippen LogP contribution in [0.5, 0.6) is 6.01 Å². The van der Waals surface area contributed by atoms with Crippen molar-refractivity contribution in [1.29, 1.82) is 0 Å². The smallest absolute Gasteiger partial charge is 0.316 e. The minimum absolute atomic E-state index is 0.0504. The number of aromatic amines is 1. The van der Waals surface area contributed by atoms with Crippen molar-refractivity contribution in [3.63, 3.8) is 0 Å². The summed E-state index contributed by atoms with van der Waals surface area (Å²) >= 11 is 0. The Balaban J connectivity index is 0.899. The lowest BCUT2D eigenvalue weighted by atomic mass is 10.1. The van der Waals surface area contributed by atoms with Crippen molar-refractivity contribution in [3.05, 3.63) is 73.3 Å². The minimum atomic E-state index is -0.191. The number of rotatable bonds is 8. The van der Waals surface area contributed by atoms with Crippen LogP contribution in [0.25, 0.3) is 33.5 Å². The molecule has 2 aromatic carbocycles. The van der Waals surface area contributed by atoms with Gasteiger partial charge in [0.1, 0.15) is 5.69 Å². The molecule has 2 aliphatic heterocycles. The molecule has 0 radical (unpaired) electrons. The zero-order valence-corrected chi connectivity index (χ0v) is 25.5. The van der Waals surface area contributed by atoms with Crippen LogP contribution in [0.3, 0.4) is 0 Å². The number of hydrogen-bond donors (Lipinski definition) is 2. The normalized spacial score (nSPS) is 16.9. The zero-order chi connectivity index (χ0) is 31.5. The third kappa shape index (κ3) is 6.22. The van der Waals surface area contributed by atoms with Gasteiger partial charge in [0.2, 0.25) is 11.8 Å². The van der Waals surface area contributed by atoms with Gasteiger partial charge in [0.25, 0.3) is 0 Å². The second-order valence-electron chi connectivity index (χ2n) is 11.5. The van der Waals surface area contributed by atoms with Gasteiger partial charge in [0, 0.05) is 85.4 Å². The van der Waals surface area contributed by atoms with Crippen LogP contribution in [0, 0.1) is 5.92 Å². The standard InChI is InChI=1S/C33H34N10O3/c1-46-33-36-18-24(19-37-33)30-27-17-25(5-8-28(27)39-40-30)38-32(45)23-9-12-41(20-23)21-29(44)43-15-13-42(14-16-43)26-6-3-22(4-7-26)31-34-10-2-11-35-31/h2-8,10-11,17-19,23H,9,12-16,20-21H2,1H3,(H,38,45)(H,39,40)/t23-/m1/s1. The molecule has 13 heteroatoms. The lowest BCUT2D eigenvalue weighted by molar-refractivity contribution is -0.132. The van der Waals surface area contributed by atoms with Gasteiger partial charge in [-0.1, -0.05) is 0 Å². The molecule has 46 heavy (non-hydrogen) atoms. The van der Waals surface area contributed by atoms with E-state index in [1.165, 1.54) is 7.11 Å². The predicted octanol–water partition coefficient (Wildman–Crippen LogP) is 3.09. The third-order valence-corrected chi connectivity index (χ3v) is 8.61. The monoisotopic (exact) mass is 618 g/mol. The molecule has 7 rings (SSSR count). The number of ether oxygens (including phenoxy) is 1. The molecule has 1 atom stereocenters. The molecular weight excluding hydrogens is 584 g/mol. The van der Waals surface area contributed by atoms with Gasteiger partial charge >= 0.3 is 6.01 Å². The van der Waals surface area contributed by atoms with E-state index in [0.29, 0.717) is 56.4 Å². The molecule has 5 aromatic rings.